The Morgan fingerprint density at radius 3 is 2.88 bits per heavy atom. The molecule has 0 amide bonds. The van der Waals surface area contributed by atoms with Crippen molar-refractivity contribution < 1.29 is 9.52 Å². The maximum atomic E-state index is 12.8. The largest absolute Gasteiger partial charge is 0.506 e. The van der Waals surface area contributed by atoms with Gasteiger partial charge in [-0.1, -0.05) is 29.7 Å². The average molecular weight is 481 g/mol. The lowest BCUT2D eigenvalue weighted by Crippen LogP contribution is -2.59. The molecule has 5 aliphatic rings. The minimum atomic E-state index is -0.244. The van der Waals surface area contributed by atoms with Gasteiger partial charge in [-0.05, 0) is 87.9 Å². The number of rotatable bonds is 2. The molecule has 3 aliphatic heterocycles. The number of phenols is 1. The molecule has 2 unspecified atom stereocenters. The molecule has 4 atom stereocenters. The van der Waals surface area contributed by atoms with E-state index in [9.17, 15) is 9.90 Å². The van der Waals surface area contributed by atoms with Crippen molar-refractivity contribution in [2.45, 2.75) is 76.4 Å². The fraction of sp³-hybridized carbons (Fsp3) is 0.607. The van der Waals surface area contributed by atoms with Crippen LogP contribution in [0.15, 0.2) is 26.9 Å². The summed E-state index contributed by atoms with van der Waals surface area (Å²) in [5.41, 5.74) is 4.44. The van der Waals surface area contributed by atoms with Gasteiger partial charge in [-0.3, -0.25) is 9.80 Å². The Hall–Kier alpha value is -1.82. The summed E-state index contributed by atoms with van der Waals surface area (Å²) in [5.74, 6) is 1.40. The molecule has 2 aliphatic carbocycles. The van der Waals surface area contributed by atoms with Gasteiger partial charge in [0, 0.05) is 36.1 Å². The molecule has 7 rings (SSSR count). The third-order valence-electron chi connectivity index (χ3n) is 9.41. The van der Waals surface area contributed by atoms with Crippen LogP contribution >= 0.6 is 11.6 Å². The highest BCUT2D eigenvalue weighted by Gasteiger charge is 2.46. The second-order valence-corrected chi connectivity index (χ2v) is 11.6. The van der Waals surface area contributed by atoms with Crippen molar-refractivity contribution in [1.29, 1.82) is 0 Å². The quantitative estimate of drug-likeness (QED) is 0.482. The first-order valence-corrected chi connectivity index (χ1v) is 13.6. The number of nitrogens with zero attached hydrogens (tertiary/aromatic N) is 2. The number of hydrogen-bond acceptors (Lipinski definition) is 5. The Morgan fingerprint density at radius 2 is 1.97 bits per heavy atom. The van der Waals surface area contributed by atoms with Crippen molar-refractivity contribution in [1.82, 2.24) is 9.80 Å². The second kappa shape index (κ2) is 8.11. The molecule has 1 N–H and O–H groups in total. The molecule has 0 saturated carbocycles. The Balaban J connectivity index is 1.29. The summed E-state index contributed by atoms with van der Waals surface area (Å²) in [7, 11) is 0. The van der Waals surface area contributed by atoms with E-state index >= 15 is 0 Å². The SMILES string of the molecule is O=c1oc2c(CN3CCCC4=CC5CC(CN6CCCC[C@H]56)[C@@H]43)c(O)c(Cl)cc2c2c1CCC2. The number of phenolic OH excluding ortho intramolecular Hbond substituents is 1. The minimum Gasteiger partial charge on any atom is -0.506 e. The molecule has 2 bridgehead atoms. The van der Waals surface area contributed by atoms with Gasteiger partial charge in [0.1, 0.15) is 11.3 Å². The fourth-order valence-electron chi connectivity index (χ4n) is 8.05. The van der Waals surface area contributed by atoms with Crippen LogP contribution in [0.1, 0.15) is 61.6 Å². The first-order valence-electron chi connectivity index (χ1n) is 13.3. The van der Waals surface area contributed by atoms with Crippen LogP contribution in [0.4, 0.5) is 0 Å². The van der Waals surface area contributed by atoms with Gasteiger partial charge >= 0.3 is 5.63 Å². The van der Waals surface area contributed by atoms with E-state index in [0.717, 1.165) is 54.8 Å². The molecule has 0 radical (unpaired) electrons. The summed E-state index contributed by atoms with van der Waals surface area (Å²) >= 11 is 6.54. The van der Waals surface area contributed by atoms with E-state index in [1.807, 2.05) is 0 Å². The molecule has 3 saturated heterocycles. The average Bonchev–Trinajstić information content (AvgIpc) is 3.34. The summed E-state index contributed by atoms with van der Waals surface area (Å²) < 4.78 is 5.88. The highest BCUT2D eigenvalue weighted by Crippen LogP contribution is 2.46. The molecule has 0 spiro atoms. The normalized spacial score (nSPS) is 31.1. The zero-order valence-corrected chi connectivity index (χ0v) is 20.4. The van der Waals surface area contributed by atoms with Crippen molar-refractivity contribution in [2.24, 2.45) is 11.8 Å². The van der Waals surface area contributed by atoms with E-state index in [2.05, 4.69) is 15.9 Å². The van der Waals surface area contributed by atoms with Gasteiger partial charge < -0.3 is 9.52 Å². The van der Waals surface area contributed by atoms with Gasteiger partial charge in [-0.25, -0.2) is 4.79 Å². The zero-order chi connectivity index (χ0) is 23.0. The first-order chi connectivity index (χ1) is 16.6. The number of fused-ring (bicyclic) bond motifs is 9. The van der Waals surface area contributed by atoms with Crippen LogP contribution in [0.2, 0.25) is 5.02 Å². The van der Waals surface area contributed by atoms with Gasteiger partial charge in [0.05, 0.1) is 10.6 Å². The number of aryl methyl sites for hydroxylation is 1. The maximum Gasteiger partial charge on any atom is 0.339 e. The Morgan fingerprint density at radius 1 is 1.09 bits per heavy atom. The fourth-order valence-corrected chi connectivity index (χ4v) is 8.27. The molecule has 180 valence electrons. The molecular formula is C28H33ClN2O3. The predicted molar refractivity (Wildman–Crippen MR) is 134 cm³/mol. The molecule has 4 heterocycles. The van der Waals surface area contributed by atoms with Crippen LogP contribution in [-0.4, -0.2) is 46.6 Å². The Kier molecular flexibility index (Phi) is 5.12. The standard InChI is InChI=1S/C28H33ClN2O3/c29-23-13-21-19-6-3-7-20(19)28(33)34-27(21)22(26(23)32)15-31-10-4-5-16-11-17-12-18(25(16)31)14-30-9-2-1-8-24(17)30/h11,13,17-18,24-25,32H,1-10,12,14-15H2/t17?,18?,24-,25-/m1/s1. The van der Waals surface area contributed by atoms with E-state index in [-0.39, 0.29) is 11.4 Å². The minimum absolute atomic E-state index is 0.0693. The molecule has 3 fully saturated rings. The molecule has 34 heavy (non-hydrogen) atoms. The number of hydrogen-bond donors (Lipinski definition) is 1. The molecule has 2 aromatic rings. The number of benzene rings is 1. The van der Waals surface area contributed by atoms with Crippen LogP contribution < -0.4 is 5.63 Å². The summed E-state index contributed by atoms with van der Waals surface area (Å²) in [6.07, 6.45) is 12.9. The molecule has 5 nitrogen and oxygen atoms in total. The highest BCUT2D eigenvalue weighted by molar-refractivity contribution is 6.33. The van der Waals surface area contributed by atoms with E-state index < -0.39 is 0 Å². The van der Waals surface area contributed by atoms with E-state index in [4.69, 9.17) is 16.0 Å². The van der Waals surface area contributed by atoms with Gasteiger partial charge in [-0.2, -0.15) is 0 Å². The number of likely N-dealkylation sites (tertiary alicyclic amines) is 1. The third-order valence-corrected chi connectivity index (χ3v) is 9.70. The van der Waals surface area contributed by atoms with Crippen LogP contribution in [0.5, 0.6) is 5.75 Å². The molecule has 6 heteroatoms. The monoisotopic (exact) mass is 480 g/mol. The summed E-state index contributed by atoms with van der Waals surface area (Å²) in [6.45, 7) is 3.99. The van der Waals surface area contributed by atoms with E-state index in [1.165, 1.54) is 45.2 Å². The topological polar surface area (TPSA) is 56.9 Å². The molecule has 1 aromatic carbocycles. The van der Waals surface area contributed by atoms with Crippen LogP contribution in [0.25, 0.3) is 11.0 Å². The third kappa shape index (κ3) is 3.23. The van der Waals surface area contributed by atoms with Gasteiger partial charge in [0.15, 0.2) is 0 Å². The van der Waals surface area contributed by atoms with Crippen molar-refractivity contribution in [2.75, 3.05) is 19.6 Å². The van der Waals surface area contributed by atoms with E-state index in [0.29, 0.717) is 40.6 Å². The molecular weight excluding hydrogens is 448 g/mol. The van der Waals surface area contributed by atoms with Crippen LogP contribution in [0, 0.1) is 11.8 Å². The maximum absolute atomic E-state index is 12.8. The van der Waals surface area contributed by atoms with Crippen molar-refractivity contribution >= 4 is 22.6 Å². The second-order valence-electron chi connectivity index (χ2n) is 11.2. The first kappa shape index (κ1) is 21.5. The summed E-state index contributed by atoms with van der Waals surface area (Å²) in [6, 6.07) is 2.95. The lowest BCUT2D eigenvalue weighted by atomic mass is 9.68. The van der Waals surface area contributed by atoms with Crippen LogP contribution in [-0.2, 0) is 19.4 Å². The highest BCUT2D eigenvalue weighted by atomic mass is 35.5. The Bertz CT molecular complexity index is 1250. The smallest absolute Gasteiger partial charge is 0.339 e. The zero-order valence-electron chi connectivity index (χ0n) is 19.7. The summed E-state index contributed by atoms with van der Waals surface area (Å²) in [5, 5.41) is 12.3. The summed E-state index contributed by atoms with van der Waals surface area (Å²) in [4.78, 5) is 18.1. The van der Waals surface area contributed by atoms with Crippen molar-refractivity contribution in [3.63, 3.8) is 0 Å². The van der Waals surface area contributed by atoms with Crippen LogP contribution in [0.3, 0.4) is 0 Å². The van der Waals surface area contributed by atoms with E-state index in [1.54, 1.807) is 11.6 Å². The lowest BCUT2D eigenvalue weighted by Gasteiger charge is -2.54. The predicted octanol–water partition coefficient (Wildman–Crippen LogP) is 5.04. The van der Waals surface area contributed by atoms with Gasteiger partial charge in [0.25, 0.3) is 0 Å². The lowest BCUT2D eigenvalue weighted by molar-refractivity contribution is -0.00274. The number of piperidine rings is 3. The van der Waals surface area contributed by atoms with Gasteiger partial charge in [-0.15, -0.1) is 0 Å². The Labute approximate surface area is 205 Å². The number of halogens is 1. The van der Waals surface area contributed by atoms with Gasteiger partial charge in [0.2, 0.25) is 0 Å². The molecule has 1 aromatic heterocycles. The number of aromatic hydroxyl groups is 1. The van der Waals surface area contributed by atoms with Crippen molar-refractivity contribution in [3.8, 4) is 5.75 Å². The van der Waals surface area contributed by atoms with Crippen molar-refractivity contribution in [3.05, 3.63) is 49.8 Å².